The van der Waals surface area contributed by atoms with Crippen molar-refractivity contribution in [3.8, 4) is 11.7 Å². The van der Waals surface area contributed by atoms with Gasteiger partial charge in [0.15, 0.2) is 0 Å². The van der Waals surface area contributed by atoms with Gasteiger partial charge in [0.2, 0.25) is 6.23 Å². The zero-order valence-electron chi connectivity index (χ0n) is 16.0. The lowest BCUT2D eigenvalue weighted by Gasteiger charge is -2.17. The number of nitrogens with zero attached hydrogens (tertiary/aromatic N) is 4. The molecule has 7 nitrogen and oxygen atoms in total. The van der Waals surface area contributed by atoms with E-state index in [1.54, 1.807) is 18.4 Å². The fourth-order valence-electron chi connectivity index (χ4n) is 3.00. The van der Waals surface area contributed by atoms with E-state index in [0.29, 0.717) is 0 Å². The van der Waals surface area contributed by atoms with Crippen molar-refractivity contribution in [2.75, 3.05) is 12.2 Å². The number of methoxy groups -OCH3 is 1. The number of hydrogen-bond acceptors (Lipinski definition) is 6. The van der Waals surface area contributed by atoms with Crippen molar-refractivity contribution in [3.05, 3.63) is 51.1 Å². The highest BCUT2D eigenvalue weighted by Gasteiger charge is 2.42. The molecule has 1 aliphatic heterocycles. The fourth-order valence-corrected chi connectivity index (χ4v) is 5.06. The Bertz CT molecular complexity index is 1050. The zero-order valence-corrected chi connectivity index (χ0v) is 17.8. The smallest absolute Gasteiger partial charge is 0.353 e. The number of thiophene rings is 1. The number of aromatic nitrogens is 3. The molecule has 1 aliphatic rings. The van der Waals surface area contributed by atoms with E-state index in [-0.39, 0.29) is 17.9 Å². The molecule has 27 heavy (non-hydrogen) atoms. The Hall–Kier alpha value is -2.36. The van der Waals surface area contributed by atoms with E-state index >= 15 is 0 Å². The van der Waals surface area contributed by atoms with Crippen LogP contribution in [-0.4, -0.2) is 29.5 Å². The molecule has 0 saturated carbocycles. The number of anilines is 1. The average Bonchev–Trinajstić information content (AvgIpc) is 3.19. The van der Waals surface area contributed by atoms with Gasteiger partial charge < -0.3 is 4.74 Å². The molecule has 0 bridgehead atoms. The van der Waals surface area contributed by atoms with Crippen LogP contribution in [0.5, 0.6) is 6.01 Å². The highest BCUT2D eigenvalue weighted by atomic mass is 32.1. The van der Waals surface area contributed by atoms with Gasteiger partial charge in [0.05, 0.1) is 31.4 Å². The van der Waals surface area contributed by atoms with Crippen molar-refractivity contribution in [1.82, 2.24) is 14.3 Å². The first kappa shape index (κ1) is 18.0. The van der Waals surface area contributed by atoms with Crippen molar-refractivity contribution in [2.24, 2.45) is 7.05 Å². The van der Waals surface area contributed by atoms with Crippen LogP contribution in [0.2, 0.25) is 19.6 Å². The maximum absolute atomic E-state index is 12.5. The van der Waals surface area contributed by atoms with Crippen LogP contribution in [0.3, 0.4) is 0 Å². The molecule has 9 heteroatoms. The van der Waals surface area contributed by atoms with Crippen molar-refractivity contribution in [3.63, 3.8) is 0 Å². The highest BCUT2D eigenvalue weighted by molar-refractivity contribution is 7.10. The monoisotopic (exact) mass is 402 g/mol. The maximum atomic E-state index is 12.5. The van der Waals surface area contributed by atoms with E-state index in [1.807, 2.05) is 22.6 Å². The van der Waals surface area contributed by atoms with Crippen LogP contribution in [0.4, 0.5) is 5.69 Å². The lowest BCUT2D eigenvalue weighted by Crippen LogP contribution is -2.37. The van der Waals surface area contributed by atoms with E-state index in [2.05, 4.69) is 42.9 Å². The van der Waals surface area contributed by atoms with Gasteiger partial charge in [0.1, 0.15) is 0 Å². The summed E-state index contributed by atoms with van der Waals surface area (Å²) in [6.07, 6.45) is -0.214. The lowest BCUT2D eigenvalue weighted by molar-refractivity contribution is 0.367. The second kappa shape index (κ2) is 6.36. The number of benzene rings is 1. The molecule has 0 radical (unpaired) electrons. The SMILES string of the molecule is COc1nn(C)c(=O)n1-c1ccsc1C1ON1c1cccc([Si](C)(C)C)c1. The first-order valence-corrected chi connectivity index (χ1v) is 13.0. The third kappa shape index (κ3) is 3.11. The molecule has 1 unspecified atom stereocenters. The second-order valence-electron chi connectivity index (χ2n) is 7.48. The topological polar surface area (TPSA) is 64.6 Å². The minimum atomic E-state index is -1.40. The fraction of sp³-hybridized carbons (Fsp3) is 0.333. The second-order valence-corrected chi connectivity index (χ2v) is 13.5. The van der Waals surface area contributed by atoms with Crippen LogP contribution < -0.4 is 20.7 Å². The van der Waals surface area contributed by atoms with Gasteiger partial charge in [-0.05, 0) is 23.6 Å². The Balaban J connectivity index is 1.68. The standard InChI is InChI=1S/C18H22N4O3SSi/c1-20-18(23)21(17(19-20)24-2)14-9-10-26-15(14)16-22(25-16)12-7-6-8-13(11-12)27(3,4)5/h6-11,16H,1-5H3. The molecular weight excluding hydrogens is 380 g/mol. The summed E-state index contributed by atoms with van der Waals surface area (Å²) in [4.78, 5) is 19.3. The van der Waals surface area contributed by atoms with Gasteiger partial charge in [-0.15, -0.1) is 16.4 Å². The van der Waals surface area contributed by atoms with Gasteiger partial charge >= 0.3 is 11.7 Å². The lowest BCUT2D eigenvalue weighted by atomic mass is 10.3. The van der Waals surface area contributed by atoms with Crippen molar-refractivity contribution >= 4 is 30.3 Å². The summed E-state index contributed by atoms with van der Waals surface area (Å²) < 4.78 is 8.02. The first-order chi connectivity index (χ1) is 12.8. The van der Waals surface area contributed by atoms with Gasteiger partial charge in [0, 0.05) is 7.05 Å². The molecule has 3 aromatic rings. The largest absolute Gasteiger partial charge is 0.467 e. The van der Waals surface area contributed by atoms with Crippen molar-refractivity contribution in [2.45, 2.75) is 25.9 Å². The molecule has 1 atom stereocenters. The third-order valence-electron chi connectivity index (χ3n) is 4.56. The Morgan fingerprint density at radius 1 is 1.26 bits per heavy atom. The van der Waals surface area contributed by atoms with Gasteiger partial charge in [-0.1, -0.05) is 37.0 Å². The van der Waals surface area contributed by atoms with Crippen molar-refractivity contribution in [1.29, 1.82) is 0 Å². The summed E-state index contributed by atoms with van der Waals surface area (Å²) in [5.41, 5.74) is 1.52. The summed E-state index contributed by atoms with van der Waals surface area (Å²) in [6, 6.07) is 10.7. The number of rotatable bonds is 5. The molecule has 1 fully saturated rings. The van der Waals surface area contributed by atoms with Gasteiger partial charge in [-0.3, -0.25) is 0 Å². The molecule has 1 aromatic carbocycles. The average molecular weight is 403 g/mol. The van der Waals surface area contributed by atoms with E-state index in [0.717, 1.165) is 16.3 Å². The van der Waals surface area contributed by atoms with Crippen LogP contribution in [0.15, 0.2) is 40.5 Å². The van der Waals surface area contributed by atoms with E-state index < -0.39 is 8.07 Å². The molecule has 0 N–H and O–H groups in total. The first-order valence-electron chi connectivity index (χ1n) is 8.65. The summed E-state index contributed by atoms with van der Waals surface area (Å²) >= 11 is 1.55. The highest BCUT2D eigenvalue weighted by Crippen LogP contribution is 2.46. The quantitative estimate of drug-likeness (QED) is 0.485. The Labute approximate surface area is 162 Å². The number of hydroxylamine groups is 1. The molecule has 0 aliphatic carbocycles. The van der Waals surface area contributed by atoms with Crippen molar-refractivity contribution < 1.29 is 9.57 Å². The molecule has 2 aromatic heterocycles. The van der Waals surface area contributed by atoms with Gasteiger partial charge in [-0.2, -0.15) is 0 Å². The van der Waals surface area contributed by atoms with E-state index in [9.17, 15) is 4.79 Å². The van der Waals surface area contributed by atoms with Gasteiger partial charge in [-0.25, -0.2) is 23.9 Å². The van der Waals surface area contributed by atoms with Crippen LogP contribution in [-0.2, 0) is 11.9 Å². The van der Waals surface area contributed by atoms with Gasteiger partial charge in [0.25, 0.3) is 0 Å². The van der Waals surface area contributed by atoms with Crippen LogP contribution in [0.1, 0.15) is 11.1 Å². The summed E-state index contributed by atoms with van der Waals surface area (Å²) in [5, 5.41) is 9.33. The molecule has 142 valence electrons. The zero-order chi connectivity index (χ0) is 19.3. The Kier molecular flexibility index (Phi) is 4.25. The number of ether oxygens (including phenoxy) is 1. The number of hydrogen-bond donors (Lipinski definition) is 0. The Morgan fingerprint density at radius 2 is 2.04 bits per heavy atom. The van der Waals surface area contributed by atoms with E-state index in [1.165, 1.54) is 21.5 Å². The third-order valence-corrected chi connectivity index (χ3v) is 7.54. The summed E-state index contributed by atoms with van der Waals surface area (Å²) in [6.45, 7) is 6.97. The predicted molar refractivity (Wildman–Crippen MR) is 109 cm³/mol. The molecule has 3 heterocycles. The molecule has 4 rings (SSSR count). The Morgan fingerprint density at radius 3 is 2.74 bits per heavy atom. The van der Waals surface area contributed by atoms with Crippen LogP contribution in [0, 0.1) is 0 Å². The summed E-state index contributed by atoms with van der Waals surface area (Å²) in [7, 11) is 1.71. The molecule has 1 saturated heterocycles. The van der Waals surface area contributed by atoms with Crippen LogP contribution >= 0.6 is 11.3 Å². The van der Waals surface area contributed by atoms with Crippen LogP contribution in [0.25, 0.3) is 5.69 Å². The molecule has 0 amide bonds. The molecule has 0 spiro atoms. The normalized spacial score (nSPS) is 16.6. The minimum Gasteiger partial charge on any atom is -0.467 e. The molecular formula is C18H22N4O3SSi. The minimum absolute atomic E-state index is 0.214. The van der Waals surface area contributed by atoms with E-state index in [4.69, 9.17) is 9.57 Å². The maximum Gasteiger partial charge on any atom is 0.353 e. The predicted octanol–water partition coefficient (Wildman–Crippen LogP) is 2.64. The number of aryl methyl sites for hydroxylation is 1. The summed E-state index contributed by atoms with van der Waals surface area (Å²) in [5.74, 6) is 0.